The van der Waals surface area contributed by atoms with E-state index in [0.29, 0.717) is 13.2 Å². The molecule has 0 rings (SSSR count). The largest absolute Gasteiger partial charge is 0.463 e. The summed E-state index contributed by atoms with van der Waals surface area (Å²) in [6.45, 7) is 4.26. The summed E-state index contributed by atoms with van der Waals surface area (Å²) in [6.07, 6.45) is 20.3. The van der Waals surface area contributed by atoms with Crippen molar-refractivity contribution in [2.75, 3.05) is 13.2 Å². The summed E-state index contributed by atoms with van der Waals surface area (Å²) < 4.78 is 4.94. The second kappa shape index (κ2) is 19.2. The number of hydrogen-bond donors (Lipinski definition) is 1. The minimum absolute atomic E-state index is 0.310. The Balaban J connectivity index is 3.00. The Labute approximate surface area is 143 Å². The minimum atomic E-state index is -0.310. The monoisotopic (exact) mass is 326 g/mol. The molecule has 0 spiro atoms. The predicted octanol–water partition coefficient (Wildman–Crippen LogP) is 5.56. The van der Waals surface area contributed by atoms with E-state index in [2.05, 4.69) is 6.58 Å². The molecule has 0 fully saturated rings. The van der Waals surface area contributed by atoms with Gasteiger partial charge in [0.25, 0.3) is 0 Å². The summed E-state index contributed by atoms with van der Waals surface area (Å²) in [7, 11) is 0. The fraction of sp³-hybridized carbons (Fsp3) is 0.850. The molecular weight excluding hydrogens is 288 g/mol. The fourth-order valence-electron chi connectivity index (χ4n) is 2.74. The first kappa shape index (κ1) is 22.2. The van der Waals surface area contributed by atoms with E-state index in [4.69, 9.17) is 9.84 Å². The first-order valence-electron chi connectivity index (χ1n) is 9.71. The van der Waals surface area contributed by atoms with Gasteiger partial charge in [-0.1, -0.05) is 90.0 Å². The van der Waals surface area contributed by atoms with Crippen LogP contribution in [0, 0.1) is 0 Å². The lowest BCUT2D eigenvalue weighted by Crippen LogP contribution is -2.01. The van der Waals surface area contributed by atoms with Gasteiger partial charge in [0.2, 0.25) is 0 Å². The molecule has 3 heteroatoms. The second-order valence-corrected chi connectivity index (χ2v) is 6.40. The van der Waals surface area contributed by atoms with E-state index in [9.17, 15) is 4.79 Å². The van der Waals surface area contributed by atoms with Crippen molar-refractivity contribution < 1.29 is 14.6 Å². The first-order chi connectivity index (χ1) is 11.3. The van der Waals surface area contributed by atoms with Gasteiger partial charge in [0.15, 0.2) is 0 Å². The van der Waals surface area contributed by atoms with Crippen molar-refractivity contribution in [3.8, 4) is 0 Å². The van der Waals surface area contributed by atoms with Crippen molar-refractivity contribution in [3.63, 3.8) is 0 Å². The first-order valence-corrected chi connectivity index (χ1v) is 9.71. The lowest BCUT2D eigenvalue weighted by atomic mass is 10.0. The van der Waals surface area contributed by atoms with Gasteiger partial charge >= 0.3 is 5.97 Å². The van der Waals surface area contributed by atoms with Gasteiger partial charge in [-0.25, -0.2) is 4.79 Å². The molecule has 0 unspecified atom stereocenters. The number of unbranched alkanes of at least 4 members (excludes halogenated alkanes) is 14. The van der Waals surface area contributed by atoms with Crippen LogP contribution < -0.4 is 0 Å². The maximum Gasteiger partial charge on any atom is 0.330 e. The molecule has 0 saturated carbocycles. The van der Waals surface area contributed by atoms with E-state index < -0.39 is 0 Å². The second-order valence-electron chi connectivity index (χ2n) is 6.40. The molecule has 3 nitrogen and oxygen atoms in total. The number of aliphatic hydroxyl groups is 1. The van der Waals surface area contributed by atoms with E-state index >= 15 is 0 Å². The van der Waals surface area contributed by atoms with Crippen LogP contribution in [0.25, 0.3) is 0 Å². The van der Waals surface area contributed by atoms with Crippen LogP contribution in [0.2, 0.25) is 0 Å². The third-order valence-corrected chi connectivity index (χ3v) is 4.21. The van der Waals surface area contributed by atoms with Gasteiger partial charge in [-0.05, 0) is 12.8 Å². The zero-order chi connectivity index (χ0) is 17.0. The lowest BCUT2D eigenvalue weighted by Gasteiger charge is -2.04. The number of hydrogen-bond acceptors (Lipinski definition) is 3. The van der Waals surface area contributed by atoms with Gasteiger partial charge in [-0.3, -0.25) is 0 Å². The maximum absolute atomic E-state index is 10.8. The van der Waals surface area contributed by atoms with Crippen LogP contribution in [0.1, 0.15) is 96.3 Å². The molecule has 0 aromatic heterocycles. The molecule has 0 saturated heterocycles. The topological polar surface area (TPSA) is 46.5 Å². The summed E-state index contributed by atoms with van der Waals surface area (Å²) in [4.78, 5) is 10.8. The molecule has 0 radical (unpaired) electrons. The van der Waals surface area contributed by atoms with Crippen molar-refractivity contribution in [1.82, 2.24) is 0 Å². The average Bonchev–Trinajstić information content (AvgIpc) is 2.57. The molecule has 0 aliphatic carbocycles. The zero-order valence-electron chi connectivity index (χ0n) is 15.1. The Morgan fingerprint density at radius 2 is 1.04 bits per heavy atom. The van der Waals surface area contributed by atoms with Crippen LogP contribution in [-0.2, 0) is 9.53 Å². The summed E-state index contributed by atoms with van der Waals surface area (Å²) in [5.74, 6) is -0.310. The number of esters is 1. The highest BCUT2D eigenvalue weighted by atomic mass is 16.5. The van der Waals surface area contributed by atoms with Gasteiger partial charge in [0.05, 0.1) is 6.61 Å². The molecule has 136 valence electrons. The highest BCUT2D eigenvalue weighted by molar-refractivity contribution is 5.81. The molecule has 0 aromatic rings. The van der Waals surface area contributed by atoms with Crippen molar-refractivity contribution in [1.29, 1.82) is 0 Å². The zero-order valence-corrected chi connectivity index (χ0v) is 15.1. The van der Waals surface area contributed by atoms with E-state index in [1.165, 1.54) is 83.1 Å². The molecular formula is C20H38O3. The average molecular weight is 327 g/mol. The van der Waals surface area contributed by atoms with E-state index in [-0.39, 0.29) is 5.97 Å². The molecule has 0 aliphatic heterocycles. The number of ether oxygens (including phenoxy) is 1. The maximum atomic E-state index is 10.8. The summed E-state index contributed by atoms with van der Waals surface area (Å²) in [6, 6.07) is 0. The Morgan fingerprint density at radius 3 is 1.39 bits per heavy atom. The van der Waals surface area contributed by atoms with Crippen molar-refractivity contribution >= 4 is 5.97 Å². The minimum Gasteiger partial charge on any atom is -0.463 e. The molecule has 0 aliphatic rings. The highest BCUT2D eigenvalue weighted by Gasteiger charge is 1.96. The number of rotatable bonds is 18. The Hall–Kier alpha value is -0.830. The Morgan fingerprint density at radius 1 is 0.696 bits per heavy atom. The summed E-state index contributed by atoms with van der Waals surface area (Å²) in [5.41, 5.74) is 0. The normalized spacial score (nSPS) is 10.7. The highest BCUT2D eigenvalue weighted by Crippen LogP contribution is 2.13. The van der Waals surface area contributed by atoms with Gasteiger partial charge < -0.3 is 9.84 Å². The Bertz CT molecular complexity index is 264. The van der Waals surface area contributed by atoms with Crippen LogP contribution in [0.4, 0.5) is 0 Å². The van der Waals surface area contributed by atoms with Gasteiger partial charge in [0.1, 0.15) is 0 Å². The van der Waals surface area contributed by atoms with E-state index in [1.807, 2.05) is 0 Å². The van der Waals surface area contributed by atoms with Crippen LogP contribution in [0.3, 0.4) is 0 Å². The summed E-state index contributed by atoms with van der Waals surface area (Å²) >= 11 is 0. The van der Waals surface area contributed by atoms with E-state index in [1.54, 1.807) is 0 Å². The molecule has 0 bridgehead atoms. The van der Waals surface area contributed by atoms with Crippen molar-refractivity contribution in [3.05, 3.63) is 12.7 Å². The molecule has 1 N–H and O–H groups in total. The van der Waals surface area contributed by atoms with Gasteiger partial charge in [-0.2, -0.15) is 0 Å². The van der Waals surface area contributed by atoms with Crippen LogP contribution >= 0.6 is 0 Å². The van der Waals surface area contributed by atoms with Gasteiger partial charge in [0, 0.05) is 12.7 Å². The van der Waals surface area contributed by atoms with Crippen LogP contribution in [0.15, 0.2) is 12.7 Å². The fourth-order valence-corrected chi connectivity index (χ4v) is 2.74. The number of carbonyl (C=O) groups excluding carboxylic acids is 1. The van der Waals surface area contributed by atoms with Gasteiger partial charge in [-0.15, -0.1) is 0 Å². The van der Waals surface area contributed by atoms with Crippen LogP contribution in [0.5, 0.6) is 0 Å². The lowest BCUT2D eigenvalue weighted by molar-refractivity contribution is -0.137. The third-order valence-electron chi connectivity index (χ3n) is 4.21. The van der Waals surface area contributed by atoms with E-state index in [0.717, 1.165) is 19.3 Å². The standard InChI is InChI=1S/C20H38O3/c1-2-20(22)23-19-17-15-13-11-9-7-5-3-4-6-8-10-12-14-16-18-21/h2,21H,1,3-19H2. The third kappa shape index (κ3) is 19.1. The SMILES string of the molecule is C=CC(=O)OCCCCCCCCCCCCCCCCCO. The number of carbonyl (C=O) groups is 1. The smallest absolute Gasteiger partial charge is 0.330 e. The predicted molar refractivity (Wildman–Crippen MR) is 97.5 cm³/mol. The molecule has 0 heterocycles. The van der Waals surface area contributed by atoms with Crippen LogP contribution in [-0.4, -0.2) is 24.3 Å². The Kier molecular flexibility index (Phi) is 18.5. The molecule has 0 aromatic carbocycles. The summed E-state index contributed by atoms with van der Waals surface area (Å²) in [5, 5.41) is 8.69. The van der Waals surface area contributed by atoms with Crippen molar-refractivity contribution in [2.45, 2.75) is 96.3 Å². The molecule has 0 atom stereocenters. The van der Waals surface area contributed by atoms with Crippen molar-refractivity contribution in [2.24, 2.45) is 0 Å². The molecule has 23 heavy (non-hydrogen) atoms. The quantitative estimate of drug-likeness (QED) is 0.204. The number of aliphatic hydroxyl groups excluding tert-OH is 1. The molecule has 0 amide bonds.